The van der Waals surface area contributed by atoms with Gasteiger partial charge in [-0.25, -0.2) is 0 Å². The summed E-state index contributed by atoms with van der Waals surface area (Å²) in [7, 11) is 4.51. The molecule has 0 amide bonds. The van der Waals surface area contributed by atoms with E-state index in [0.717, 1.165) is 5.92 Å². The highest BCUT2D eigenvalue weighted by Crippen LogP contribution is 2.28. The average Bonchev–Trinajstić information content (AvgIpc) is 2.42. The number of quaternary nitrogens is 1. The SMILES string of the molecule is C[NH+](C)CCCCCCCCCCC1CCCCC1.[Br-]. The zero-order chi connectivity index (χ0) is 13.8. The first-order valence-electron chi connectivity index (χ1n) is 9.08. The van der Waals surface area contributed by atoms with Gasteiger partial charge in [0.1, 0.15) is 0 Å². The number of rotatable bonds is 11. The van der Waals surface area contributed by atoms with Crippen LogP contribution in [0.1, 0.15) is 89.9 Å². The molecule has 1 saturated carbocycles. The van der Waals surface area contributed by atoms with Crippen LogP contribution in [0.25, 0.3) is 0 Å². The molecule has 0 saturated heterocycles. The van der Waals surface area contributed by atoms with E-state index < -0.39 is 0 Å². The molecule has 0 aromatic rings. The normalized spacial score (nSPS) is 16.4. The van der Waals surface area contributed by atoms with Crippen molar-refractivity contribution < 1.29 is 21.9 Å². The molecule has 0 aromatic heterocycles. The van der Waals surface area contributed by atoms with E-state index in [1.165, 1.54) is 96.4 Å². The molecule has 1 rings (SSSR count). The minimum absolute atomic E-state index is 0. The number of nitrogens with one attached hydrogen (secondary N) is 1. The molecule has 20 heavy (non-hydrogen) atoms. The van der Waals surface area contributed by atoms with Gasteiger partial charge in [-0.05, 0) is 18.8 Å². The number of hydrogen-bond donors (Lipinski definition) is 1. The molecule has 0 radical (unpaired) electrons. The lowest BCUT2D eigenvalue weighted by Gasteiger charge is -2.21. The van der Waals surface area contributed by atoms with Crippen LogP contribution in [-0.2, 0) is 0 Å². The minimum Gasteiger partial charge on any atom is -1.00 e. The van der Waals surface area contributed by atoms with Crippen molar-refractivity contribution in [3.05, 3.63) is 0 Å². The molecule has 0 unspecified atom stereocenters. The third kappa shape index (κ3) is 12.2. The molecule has 122 valence electrons. The smallest absolute Gasteiger partial charge is 0.0766 e. The Labute approximate surface area is 138 Å². The molecule has 0 aliphatic heterocycles. The van der Waals surface area contributed by atoms with E-state index in [4.69, 9.17) is 0 Å². The second-order valence-corrected chi connectivity index (χ2v) is 7.08. The van der Waals surface area contributed by atoms with E-state index in [1.54, 1.807) is 4.90 Å². The van der Waals surface area contributed by atoms with Crippen molar-refractivity contribution in [3.63, 3.8) is 0 Å². The minimum atomic E-state index is 0. The van der Waals surface area contributed by atoms with E-state index in [-0.39, 0.29) is 17.0 Å². The van der Waals surface area contributed by atoms with Gasteiger partial charge in [-0.2, -0.15) is 0 Å². The van der Waals surface area contributed by atoms with Gasteiger partial charge in [0.05, 0.1) is 20.6 Å². The molecule has 0 heterocycles. The molecular formula is C18H38BrN. The summed E-state index contributed by atoms with van der Waals surface area (Å²) in [6, 6.07) is 0. The standard InChI is InChI=1S/C18H37N.BrH/c1-19(2)17-13-8-6-4-3-5-7-10-14-18-15-11-9-12-16-18;/h18H,3-17H2,1-2H3;1H. The van der Waals surface area contributed by atoms with Gasteiger partial charge < -0.3 is 21.9 Å². The second kappa shape index (κ2) is 14.4. The molecule has 2 heteroatoms. The first-order chi connectivity index (χ1) is 9.29. The molecule has 1 fully saturated rings. The predicted molar refractivity (Wildman–Crippen MR) is 85.8 cm³/mol. The van der Waals surface area contributed by atoms with Crippen molar-refractivity contribution in [1.82, 2.24) is 0 Å². The Balaban J connectivity index is 0.00000361. The summed E-state index contributed by atoms with van der Waals surface area (Å²) >= 11 is 0. The largest absolute Gasteiger partial charge is 1.00 e. The van der Waals surface area contributed by atoms with Crippen LogP contribution in [0.3, 0.4) is 0 Å². The zero-order valence-corrected chi connectivity index (χ0v) is 15.6. The van der Waals surface area contributed by atoms with Crippen LogP contribution in [0.5, 0.6) is 0 Å². The quantitative estimate of drug-likeness (QED) is 0.536. The lowest BCUT2D eigenvalue weighted by atomic mass is 9.85. The maximum Gasteiger partial charge on any atom is 0.0766 e. The fourth-order valence-electron chi connectivity index (χ4n) is 3.45. The van der Waals surface area contributed by atoms with Crippen LogP contribution in [-0.4, -0.2) is 20.6 Å². The highest BCUT2D eigenvalue weighted by atomic mass is 79.9. The maximum absolute atomic E-state index is 2.26. The molecule has 1 aliphatic carbocycles. The zero-order valence-electron chi connectivity index (χ0n) is 14.1. The first-order valence-corrected chi connectivity index (χ1v) is 9.08. The van der Waals surface area contributed by atoms with Crippen molar-refractivity contribution in [2.45, 2.75) is 89.9 Å². The van der Waals surface area contributed by atoms with Crippen LogP contribution in [0, 0.1) is 5.92 Å². The van der Waals surface area contributed by atoms with Gasteiger partial charge in [-0.1, -0.05) is 77.0 Å². The molecule has 1 N–H and O–H groups in total. The van der Waals surface area contributed by atoms with Crippen LogP contribution >= 0.6 is 0 Å². The Morgan fingerprint density at radius 2 is 1.20 bits per heavy atom. The second-order valence-electron chi connectivity index (χ2n) is 7.08. The predicted octanol–water partition coefficient (Wildman–Crippen LogP) is 1.23. The highest BCUT2D eigenvalue weighted by molar-refractivity contribution is 4.65. The number of unbranched alkanes of at least 4 members (excludes halogenated alkanes) is 7. The summed E-state index contributed by atoms with van der Waals surface area (Å²) in [5, 5.41) is 0. The van der Waals surface area contributed by atoms with Crippen LogP contribution < -0.4 is 21.9 Å². The maximum atomic E-state index is 2.26. The van der Waals surface area contributed by atoms with Gasteiger partial charge in [0.2, 0.25) is 0 Å². The number of halogens is 1. The van der Waals surface area contributed by atoms with E-state index in [2.05, 4.69) is 14.1 Å². The Bertz CT molecular complexity index is 188. The van der Waals surface area contributed by atoms with Crippen molar-refractivity contribution in [3.8, 4) is 0 Å². The Kier molecular flexibility index (Phi) is 14.7. The summed E-state index contributed by atoms with van der Waals surface area (Å²) in [4.78, 5) is 1.60. The van der Waals surface area contributed by atoms with Gasteiger partial charge in [0.15, 0.2) is 0 Å². The fraction of sp³-hybridized carbons (Fsp3) is 1.00. The van der Waals surface area contributed by atoms with Crippen LogP contribution in [0.2, 0.25) is 0 Å². The third-order valence-electron chi connectivity index (χ3n) is 4.76. The molecule has 0 spiro atoms. The summed E-state index contributed by atoms with van der Waals surface area (Å²) in [6.07, 6.45) is 20.9. The summed E-state index contributed by atoms with van der Waals surface area (Å²) in [6.45, 7) is 1.35. The lowest BCUT2D eigenvalue weighted by Crippen LogP contribution is -3.05. The Morgan fingerprint density at radius 3 is 1.75 bits per heavy atom. The van der Waals surface area contributed by atoms with Crippen molar-refractivity contribution >= 4 is 0 Å². The number of hydrogen-bond acceptors (Lipinski definition) is 0. The van der Waals surface area contributed by atoms with Crippen LogP contribution in [0.4, 0.5) is 0 Å². The first kappa shape index (κ1) is 20.4. The molecule has 0 atom stereocenters. The van der Waals surface area contributed by atoms with Gasteiger partial charge in [0, 0.05) is 0 Å². The molecular weight excluding hydrogens is 310 g/mol. The monoisotopic (exact) mass is 347 g/mol. The van der Waals surface area contributed by atoms with Gasteiger partial charge >= 0.3 is 0 Å². The summed E-state index contributed by atoms with van der Waals surface area (Å²) < 4.78 is 0. The van der Waals surface area contributed by atoms with E-state index in [9.17, 15) is 0 Å². The highest BCUT2D eigenvalue weighted by Gasteiger charge is 2.12. The van der Waals surface area contributed by atoms with Gasteiger partial charge in [-0.15, -0.1) is 0 Å². The molecule has 1 nitrogen and oxygen atoms in total. The fourth-order valence-corrected chi connectivity index (χ4v) is 3.45. The average molecular weight is 348 g/mol. The lowest BCUT2D eigenvalue weighted by molar-refractivity contribution is -0.858. The summed E-state index contributed by atoms with van der Waals surface area (Å²) in [5.74, 6) is 1.10. The van der Waals surface area contributed by atoms with Gasteiger partial charge in [0.25, 0.3) is 0 Å². The van der Waals surface area contributed by atoms with E-state index in [1.807, 2.05) is 0 Å². The van der Waals surface area contributed by atoms with Gasteiger partial charge in [-0.3, -0.25) is 0 Å². The van der Waals surface area contributed by atoms with Crippen molar-refractivity contribution in [2.75, 3.05) is 20.6 Å². The summed E-state index contributed by atoms with van der Waals surface area (Å²) in [5.41, 5.74) is 0. The third-order valence-corrected chi connectivity index (χ3v) is 4.76. The Hall–Kier alpha value is 0.440. The molecule has 1 aliphatic rings. The van der Waals surface area contributed by atoms with Crippen molar-refractivity contribution in [2.24, 2.45) is 5.92 Å². The topological polar surface area (TPSA) is 4.44 Å². The van der Waals surface area contributed by atoms with E-state index in [0.29, 0.717) is 0 Å². The van der Waals surface area contributed by atoms with Crippen LogP contribution in [0.15, 0.2) is 0 Å². The molecule has 0 aromatic carbocycles. The van der Waals surface area contributed by atoms with E-state index >= 15 is 0 Å². The Morgan fingerprint density at radius 1 is 0.700 bits per heavy atom. The molecule has 0 bridgehead atoms. The van der Waals surface area contributed by atoms with Crippen molar-refractivity contribution in [1.29, 1.82) is 0 Å².